The fourth-order valence-electron chi connectivity index (χ4n) is 2.43. The van der Waals surface area contributed by atoms with Gasteiger partial charge in [-0.2, -0.15) is 0 Å². The fourth-order valence-corrected chi connectivity index (χ4v) is 2.43. The molecule has 0 aromatic heterocycles. The molecule has 17 heavy (non-hydrogen) atoms. The van der Waals surface area contributed by atoms with Crippen LogP contribution in [-0.4, -0.2) is 19.0 Å². The fraction of sp³-hybridized carbons (Fsp3) is 0.500. The van der Waals surface area contributed by atoms with E-state index in [0.717, 1.165) is 25.1 Å². The number of nitrogens with zero attached hydrogens (tertiary/aromatic N) is 1. The van der Waals surface area contributed by atoms with Gasteiger partial charge in [-0.05, 0) is 30.5 Å². The molecule has 1 saturated heterocycles. The number of carbonyl (C=O) groups is 1. The average Bonchev–Trinajstić information content (AvgIpc) is 2.72. The molecule has 92 valence electrons. The van der Waals surface area contributed by atoms with Crippen LogP contribution >= 0.6 is 0 Å². The van der Waals surface area contributed by atoms with Crippen molar-refractivity contribution >= 4 is 11.6 Å². The van der Waals surface area contributed by atoms with E-state index in [0.29, 0.717) is 18.9 Å². The van der Waals surface area contributed by atoms with Gasteiger partial charge in [-0.25, -0.2) is 0 Å². The molecule has 1 heterocycles. The van der Waals surface area contributed by atoms with E-state index in [4.69, 9.17) is 5.73 Å². The molecule has 3 nitrogen and oxygen atoms in total. The maximum Gasteiger partial charge on any atom is 0.227 e. The number of hydrogen-bond donors (Lipinski definition) is 1. The Morgan fingerprint density at radius 3 is 2.82 bits per heavy atom. The maximum atomic E-state index is 12.0. The van der Waals surface area contributed by atoms with Crippen molar-refractivity contribution in [3.63, 3.8) is 0 Å². The summed E-state index contributed by atoms with van der Waals surface area (Å²) < 4.78 is 0. The lowest BCUT2D eigenvalue weighted by Crippen LogP contribution is -2.26. The number of nitrogens with two attached hydrogens (primary N) is 1. The van der Waals surface area contributed by atoms with Crippen LogP contribution in [0.4, 0.5) is 5.69 Å². The Morgan fingerprint density at radius 2 is 2.18 bits per heavy atom. The highest BCUT2D eigenvalue weighted by Gasteiger charge is 2.30. The largest absolute Gasteiger partial charge is 0.330 e. The second-order valence-corrected chi connectivity index (χ2v) is 4.69. The topological polar surface area (TPSA) is 46.3 Å². The third kappa shape index (κ3) is 2.50. The number of aryl methyl sites for hydroxylation is 1. The predicted octanol–water partition coefficient (Wildman–Crippen LogP) is 1.95. The summed E-state index contributed by atoms with van der Waals surface area (Å²) in [7, 11) is 0. The van der Waals surface area contributed by atoms with Gasteiger partial charge in [0.15, 0.2) is 0 Å². The summed E-state index contributed by atoms with van der Waals surface area (Å²) in [5, 5.41) is 0. The number of rotatable bonds is 4. The van der Waals surface area contributed by atoms with E-state index in [1.807, 2.05) is 23.1 Å². The number of benzene rings is 1. The van der Waals surface area contributed by atoms with Crippen LogP contribution in [0.5, 0.6) is 0 Å². The van der Waals surface area contributed by atoms with E-state index >= 15 is 0 Å². The van der Waals surface area contributed by atoms with Gasteiger partial charge in [-0.1, -0.05) is 31.5 Å². The monoisotopic (exact) mass is 232 g/mol. The zero-order valence-electron chi connectivity index (χ0n) is 10.4. The third-order valence-corrected chi connectivity index (χ3v) is 3.34. The summed E-state index contributed by atoms with van der Waals surface area (Å²) >= 11 is 0. The van der Waals surface area contributed by atoms with Crippen LogP contribution in [0.25, 0.3) is 0 Å². The number of para-hydroxylation sites is 1. The molecule has 1 aliphatic rings. The minimum Gasteiger partial charge on any atom is -0.330 e. The first kappa shape index (κ1) is 12.1. The van der Waals surface area contributed by atoms with Gasteiger partial charge in [0.1, 0.15) is 0 Å². The van der Waals surface area contributed by atoms with Crippen LogP contribution in [0.2, 0.25) is 0 Å². The van der Waals surface area contributed by atoms with E-state index in [9.17, 15) is 4.79 Å². The summed E-state index contributed by atoms with van der Waals surface area (Å²) in [5.41, 5.74) is 8.00. The van der Waals surface area contributed by atoms with Gasteiger partial charge in [-0.3, -0.25) is 4.79 Å². The highest BCUT2D eigenvalue weighted by molar-refractivity contribution is 5.96. The average molecular weight is 232 g/mol. The van der Waals surface area contributed by atoms with Gasteiger partial charge < -0.3 is 10.6 Å². The molecule has 1 unspecified atom stereocenters. The molecule has 0 spiro atoms. The van der Waals surface area contributed by atoms with Gasteiger partial charge in [0.2, 0.25) is 5.91 Å². The van der Waals surface area contributed by atoms with Crippen molar-refractivity contribution < 1.29 is 4.79 Å². The second kappa shape index (κ2) is 5.32. The van der Waals surface area contributed by atoms with Crippen molar-refractivity contribution in [2.75, 3.05) is 18.0 Å². The Bertz CT molecular complexity index is 403. The zero-order valence-corrected chi connectivity index (χ0v) is 10.4. The number of amides is 1. The van der Waals surface area contributed by atoms with Crippen LogP contribution in [-0.2, 0) is 11.2 Å². The molecule has 1 aromatic carbocycles. The Balaban J connectivity index is 2.25. The summed E-state index contributed by atoms with van der Waals surface area (Å²) in [4.78, 5) is 13.9. The molecule has 0 bridgehead atoms. The Kier molecular flexibility index (Phi) is 3.79. The first-order valence-electron chi connectivity index (χ1n) is 6.34. The third-order valence-electron chi connectivity index (χ3n) is 3.34. The minimum absolute atomic E-state index is 0.212. The lowest BCUT2D eigenvalue weighted by Gasteiger charge is -2.20. The van der Waals surface area contributed by atoms with Crippen molar-refractivity contribution in [1.82, 2.24) is 0 Å². The molecular weight excluding hydrogens is 212 g/mol. The highest BCUT2D eigenvalue weighted by Crippen LogP contribution is 2.28. The van der Waals surface area contributed by atoms with Gasteiger partial charge in [-0.15, -0.1) is 0 Å². The summed E-state index contributed by atoms with van der Waals surface area (Å²) in [5.74, 6) is 0.529. The van der Waals surface area contributed by atoms with Crippen molar-refractivity contribution in [3.05, 3.63) is 29.8 Å². The molecule has 1 amide bonds. The minimum atomic E-state index is 0.212. The normalized spacial score (nSPS) is 20.0. The van der Waals surface area contributed by atoms with E-state index in [-0.39, 0.29) is 5.91 Å². The van der Waals surface area contributed by atoms with Crippen LogP contribution < -0.4 is 10.6 Å². The van der Waals surface area contributed by atoms with Crippen LogP contribution in [0.1, 0.15) is 25.3 Å². The summed E-state index contributed by atoms with van der Waals surface area (Å²) in [6.07, 6.45) is 2.71. The van der Waals surface area contributed by atoms with E-state index in [2.05, 4.69) is 13.0 Å². The quantitative estimate of drug-likeness (QED) is 0.862. The van der Waals surface area contributed by atoms with E-state index in [1.54, 1.807) is 0 Å². The molecule has 2 rings (SSSR count). The summed E-state index contributed by atoms with van der Waals surface area (Å²) in [6, 6.07) is 8.19. The Labute approximate surface area is 103 Å². The standard InChI is InChI=1S/C14H20N2O/c1-2-5-12-6-3-4-7-13(12)16-10-11(9-15)8-14(16)17/h3-4,6-7,11H,2,5,8-10,15H2,1H3. The smallest absolute Gasteiger partial charge is 0.227 e. The molecule has 1 atom stereocenters. The highest BCUT2D eigenvalue weighted by atomic mass is 16.2. The second-order valence-electron chi connectivity index (χ2n) is 4.69. The van der Waals surface area contributed by atoms with Gasteiger partial charge in [0.25, 0.3) is 0 Å². The van der Waals surface area contributed by atoms with Crippen LogP contribution in [0.3, 0.4) is 0 Å². The van der Waals surface area contributed by atoms with Crippen molar-refractivity contribution in [2.45, 2.75) is 26.2 Å². The molecule has 1 aliphatic heterocycles. The zero-order chi connectivity index (χ0) is 12.3. The molecule has 0 saturated carbocycles. The Morgan fingerprint density at radius 1 is 1.41 bits per heavy atom. The van der Waals surface area contributed by atoms with Crippen LogP contribution in [0, 0.1) is 5.92 Å². The maximum absolute atomic E-state index is 12.0. The molecule has 1 fully saturated rings. The van der Waals surface area contributed by atoms with Crippen molar-refractivity contribution in [2.24, 2.45) is 11.7 Å². The molecule has 2 N–H and O–H groups in total. The first-order chi connectivity index (χ1) is 8.26. The van der Waals surface area contributed by atoms with Crippen LogP contribution in [0.15, 0.2) is 24.3 Å². The Hall–Kier alpha value is -1.35. The number of carbonyl (C=O) groups excluding carboxylic acids is 1. The summed E-state index contributed by atoms with van der Waals surface area (Å²) in [6.45, 7) is 3.53. The number of hydrogen-bond acceptors (Lipinski definition) is 2. The SMILES string of the molecule is CCCc1ccccc1N1CC(CN)CC1=O. The van der Waals surface area contributed by atoms with Gasteiger partial charge in [0.05, 0.1) is 0 Å². The van der Waals surface area contributed by atoms with Gasteiger partial charge >= 0.3 is 0 Å². The van der Waals surface area contributed by atoms with Gasteiger partial charge in [0, 0.05) is 18.7 Å². The molecular formula is C14H20N2O. The lowest BCUT2D eigenvalue weighted by atomic mass is 10.1. The van der Waals surface area contributed by atoms with E-state index in [1.165, 1.54) is 5.56 Å². The molecule has 0 radical (unpaired) electrons. The van der Waals surface area contributed by atoms with Crippen molar-refractivity contribution in [1.29, 1.82) is 0 Å². The molecule has 0 aliphatic carbocycles. The predicted molar refractivity (Wildman–Crippen MR) is 70.0 cm³/mol. The first-order valence-corrected chi connectivity index (χ1v) is 6.34. The molecule has 1 aromatic rings. The van der Waals surface area contributed by atoms with Crippen molar-refractivity contribution in [3.8, 4) is 0 Å². The lowest BCUT2D eigenvalue weighted by molar-refractivity contribution is -0.117. The van der Waals surface area contributed by atoms with E-state index < -0.39 is 0 Å². The number of anilines is 1. The molecule has 3 heteroatoms.